The van der Waals surface area contributed by atoms with Gasteiger partial charge in [-0.25, -0.2) is 0 Å². The molecule has 0 radical (unpaired) electrons. The van der Waals surface area contributed by atoms with Crippen LogP contribution < -0.4 is 4.90 Å². The summed E-state index contributed by atoms with van der Waals surface area (Å²) in [7, 11) is 0. The van der Waals surface area contributed by atoms with E-state index in [4.69, 9.17) is 0 Å². The van der Waals surface area contributed by atoms with E-state index in [1.54, 1.807) is 36.4 Å². The summed E-state index contributed by atoms with van der Waals surface area (Å²) in [5.74, 6) is 0. The highest BCUT2D eigenvalue weighted by molar-refractivity contribution is 6.04. The average molecular weight is 658 g/mol. The summed E-state index contributed by atoms with van der Waals surface area (Å²) in [5.41, 5.74) is 4.52. The minimum Gasteiger partial charge on any atom is -0.310 e. The summed E-state index contributed by atoms with van der Waals surface area (Å²) in [5, 5.41) is 3.66. The lowest BCUT2D eigenvalue weighted by atomic mass is 9.89. The molecule has 0 fully saturated rings. The Morgan fingerprint density at radius 3 is 1.55 bits per heavy atom. The minimum absolute atomic E-state index is 0.114. The number of hydrogen-bond acceptors (Lipinski definition) is 1. The van der Waals surface area contributed by atoms with Crippen LogP contribution >= 0.6 is 0 Å². The summed E-state index contributed by atoms with van der Waals surface area (Å²) >= 11 is 0. The predicted molar refractivity (Wildman–Crippen MR) is 218 cm³/mol. The maximum Gasteiger partial charge on any atom is 0.0645 e. The largest absolute Gasteiger partial charge is 0.310 e. The summed E-state index contributed by atoms with van der Waals surface area (Å²) in [6.07, 6.45) is 0. The lowest BCUT2D eigenvalue weighted by Gasteiger charge is -2.27. The molecule has 240 valence electrons. The van der Waals surface area contributed by atoms with Crippen LogP contribution in [0.4, 0.5) is 17.1 Å². The van der Waals surface area contributed by atoms with Gasteiger partial charge in [0.15, 0.2) is 0 Å². The van der Waals surface area contributed by atoms with Crippen molar-refractivity contribution in [2.24, 2.45) is 0 Å². The molecule has 0 saturated carbocycles. The molecule has 0 unspecified atom stereocenters. The Kier molecular flexibility index (Phi) is 5.96. The van der Waals surface area contributed by atoms with Gasteiger partial charge in [0.1, 0.15) is 0 Å². The topological polar surface area (TPSA) is 3.24 Å². The van der Waals surface area contributed by atoms with Gasteiger partial charge in [-0.1, -0.05) is 176 Å². The fourth-order valence-electron chi connectivity index (χ4n) is 6.77. The van der Waals surface area contributed by atoms with E-state index in [0.29, 0.717) is 16.8 Å². The van der Waals surface area contributed by atoms with Crippen molar-refractivity contribution in [3.8, 4) is 44.5 Å². The monoisotopic (exact) mass is 657 g/mol. The van der Waals surface area contributed by atoms with Crippen molar-refractivity contribution in [3.63, 3.8) is 0 Å². The zero-order valence-corrected chi connectivity index (χ0v) is 27.5. The Hall–Kier alpha value is -6.70. The molecule has 51 heavy (non-hydrogen) atoms. The Morgan fingerprint density at radius 2 is 0.843 bits per heavy atom. The molecule has 0 spiro atoms. The van der Waals surface area contributed by atoms with Crippen molar-refractivity contribution in [1.29, 1.82) is 0 Å². The Morgan fingerprint density at radius 1 is 0.314 bits per heavy atom. The van der Waals surface area contributed by atoms with Gasteiger partial charge >= 0.3 is 0 Å². The molecule has 0 atom stereocenters. The molecule has 0 aliphatic carbocycles. The first kappa shape index (κ1) is 22.8. The first-order valence-electron chi connectivity index (χ1n) is 20.9. The van der Waals surface area contributed by atoms with Crippen LogP contribution in [0.25, 0.3) is 66.1 Å². The fraction of sp³-hybridized carbons (Fsp3) is 0. The molecule has 1 nitrogen and oxygen atoms in total. The van der Waals surface area contributed by atoms with Gasteiger partial charge in [0.2, 0.25) is 0 Å². The van der Waals surface area contributed by atoms with E-state index < -0.39 is 12.1 Å². The van der Waals surface area contributed by atoms with E-state index in [2.05, 4.69) is 0 Å². The molecular formula is C50H35N. The molecule has 0 heterocycles. The molecule has 0 aliphatic heterocycles. The number of nitrogens with zero attached hydrogens (tertiary/aromatic N) is 1. The maximum absolute atomic E-state index is 9.74. The lowest BCUT2D eigenvalue weighted by Crippen LogP contribution is -2.10. The summed E-state index contributed by atoms with van der Waals surface area (Å²) in [4.78, 5) is 1.37. The van der Waals surface area contributed by atoms with Gasteiger partial charge in [0.05, 0.1) is 11.0 Å². The highest BCUT2D eigenvalue weighted by Gasteiger charge is 2.17. The molecule has 1 heteroatoms. The maximum atomic E-state index is 9.74. The van der Waals surface area contributed by atoms with Crippen molar-refractivity contribution >= 4 is 38.6 Å². The van der Waals surface area contributed by atoms with Crippen LogP contribution in [-0.2, 0) is 0 Å². The second-order valence-electron chi connectivity index (χ2n) is 12.3. The predicted octanol–water partition coefficient (Wildman–Crippen LogP) is 14.1. The van der Waals surface area contributed by atoms with Crippen LogP contribution in [0.3, 0.4) is 0 Å². The van der Waals surface area contributed by atoms with Crippen molar-refractivity contribution < 1.29 is 11.0 Å². The SMILES string of the molecule is [2H]c1c([2H])c(N(c2cccc(-c3cccc4ccccc34)c2)c2c([2H])c([2H])c(-c3c(-c4ccccc4)ccc4ccccc34)c([2H])c2[2H])c([2H])c([2H])c1-c1ccccc1. The number of rotatable bonds is 7. The Bertz CT molecular complexity index is 3030. The van der Waals surface area contributed by atoms with Gasteiger partial charge in [0, 0.05) is 17.1 Å². The first-order chi connectivity index (χ1) is 28.7. The molecule has 0 bridgehead atoms. The summed E-state index contributed by atoms with van der Waals surface area (Å²) in [6, 6.07) is 48.5. The molecule has 9 rings (SSSR count). The van der Waals surface area contributed by atoms with Crippen molar-refractivity contribution in [2.75, 3.05) is 4.90 Å². The van der Waals surface area contributed by atoms with Crippen LogP contribution in [0.15, 0.2) is 212 Å². The van der Waals surface area contributed by atoms with Crippen LogP contribution in [0, 0.1) is 0 Å². The highest BCUT2D eigenvalue weighted by Crippen LogP contribution is 2.42. The van der Waals surface area contributed by atoms with E-state index in [0.717, 1.165) is 43.8 Å². The standard InChI is InChI=1S/C50H35N/c1-3-13-36(14-4-1)37-25-30-43(31-26-37)51(45-21-11-20-42(35-45)47-24-12-19-38-17-7-9-22-46(38)47)44-32-27-41(28-33-44)50-48-23-10-8-18-40(48)29-34-49(50)39-15-5-2-6-16-39/h1-35H/i25D,26D,27D,28D,30D,31D,32D,33D. The van der Waals surface area contributed by atoms with Gasteiger partial charge in [-0.05, 0) is 102 Å². The van der Waals surface area contributed by atoms with Gasteiger partial charge in [-0.15, -0.1) is 0 Å². The quantitative estimate of drug-likeness (QED) is 0.165. The molecule has 9 aromatic carbocycles. The third-order valence-corrected chi connectivity index (χ3v) is 9.20. The first-order valence-corrected chi connectivity index (χ1v) is 16.9. The zero-order chi connectivity index (χ0) is 40.9. The molecule has 0 N–H and O–H groups in total. The Balaban J connectivity index is 1.35. The van der Waals surface area contributed by atoms with Crippen molar-refractivity contribution in [3.05, 3.63) is 212 Å². The van der Waals surface area contributed by atoms with Crippen molar-refractivity contribution in [1.82, 2.24) is 0 Å². The zero-order valence-electron chi connectivity index (χ0n) is 35.5. The smallest absolute Gasteiger partial charge is 0.0645 e. The number of anilines is 3. The van der Waals surface area contributed by atoms with Crippen LogP contribution in [0.1, 0.15) is 11.0 Å². The molecule has 0 aromatic heterocycles. The molecular weight excluding hydrogens is 615 g/mol. The second kappa shape index (κ2) is 13.3. The van der Waals surface area contributed by atoms with E-state index in [-0.39, 0.29) is 58.8 Å². The summed E-state index contributed by atoms with van der Waals surface area (Å²) < 4.78 is 76.2. The van der Waals surface area contributed by atoms with Crippen molar-refractivity contribution in [2.45, 2.75) is 0 Å². The fourth-order valence-corrected chi connectivity index (χ4v) is 6.77. The second-order valence-corrected chi connectivity index (χ2v) is 12.3. The molecule has 0 amide bonds. The van der Waals surface area contributed by atoms with Crippen LogP contribution in [0.2, 0.25) is 0 Å². The van der Waals surface area contributed by atoms with E-state index in [1.165, 1.54) is 4.90 Å². The molecule has 0 aliphatic rings. The average Bonchev–Trinajstić information content (AvgIpc) is 3.28. The third-order valence-electron chi connectivity index (χ3n) is 9.20. The Labute approximate surface area is 310 Å². The van der Waals surface area contributed by atoms with E-state index in [1.807, 2.05) is 127 Å². The lowest BCUT2D eigenvalue weighted by molar-refractivity contribution is 1.28. The van der Waals surface area contributed by atoms with Crippen LogP contribution in [0.5, 0.6) is 0 Å². The number of hydrogen-bond donors (Lipinski definition) is 0. The minimum atomic E-state index is -0.396. The van der Waals surface area contributed by atoms with Gasteiger partial charge in [-0.3, -0.25) is 0 Å². The normalized spacial score (nSPS) is 13.3. The number of benzene rings is 9. The third kappa shape index (κ3) is 5.86. The molecule has 0 saturated heterocycles. The van der Waals surface area contributed by atoms with E-state index >= 15 is 0 Å². The van der Waals surface area contributed by atoms with Crippen LogP contribution in [-0.4, -0.2) is 0 Å². The van der Waals surface area contributed by atoms with Gasteiger partial charge < -0.3 is 4.90 Å². The summed E-state index contributed by atoms with van der Waals surface area (Å²) in [6.45, 7) is 0. The van der Waals surface area contributed by atoms with E-state index in [9.17, 15) is 11.0 Å². The molecule has 9 aromatic rings. The van der Waals surface area contributed by atoms with Gasteiger partial charge in [0.25, 0.3) is 0 Å². The number of fused-ring (bicyclic) bond motifs is 2. The highest BCUT2D eigenvalue weighted by atomic mass is 15.1. The van der Waals surface area contributed by atoms with Gasteiger partial charge in [-0.2, -0.15) is 0 Å².